The van der Waals surface area contributed by atoms with Gasteiger partial charge in [-0.05, 0) is 46.3 Å². The summed E-state index contributed by atoms with van der Waals surface area (Å²) in [5, 5.41) is 0.869. The van der Waals surface area contributed by atoms with Crippen LogP contribution in [0.1, 0.15) is 40.0 Å². The predicted octanol–water partition coefficient (Wildman–Crippen LogP) is 5.45. The summed E-state index contributed by atoms with van der Waals surface area (Å²) in [6.07, 6.45) is 3.34. The normalized spacial score (nSPS) is 29.3. The van der Waals surface area contributed by atoms with Crippen LogP contribution in [0, 0.1) is 16.2 Å². The van der Waals surface area contributed by atoms with Gasteiger partial charge in [-0.2, -0.15) is 0 Å². The minimum atomic E-state index is -0.771. The number of ketones is 1. The molecule has 0 N–H and O–H groups in total. The first kappa shape index (κ1) is 18.1. The average molecular weight is 481 g/mol. The second-order valence-electron chi connectivity index (χ2n) is 8.10. The van der Waals surface area contributed by atoms with Gasteiger partial charge in [0.25, 0.3) is 0 Å². The number of ether oxygens (including phenoxy) is 1. The van der Waals surface area contributed by atoms with Gasteiger partial charge >= 0.3 is 5.97 Å². The van der Waals surface area contributed by atoms with Crippen molar-refractivity contribution in [3.8, 4) is 5.75 Å². The number of carbonyl (C=O) groups excluding carboxylic acids is 2. The van der Waals surface area contributed by atoms with Gasteiger partial charge in [0.05, 0.1) is 9.89 Å². The van der Waals surface area contributed by atoms with E-state index in [1.165, 1.54) is 0 Å². The lowest BCUT2D eigenvalue weighted by molar-refractivity contribution is -0.151. The predicted molar refractivity (Wildman–Crippen MR) is 106 cm³/mol. The Kier molecular flexibility index (Phi) is 3.91. The zero-order chi connectivity index (χ0) is 18.9. The summed E-state index contributed by atoms with van der Waals surface area (Å²) in [5.41, 5.74) is -1.05. The Morgan fingerprint density at radius 2 is 1.92 bits per heavy atom. The molecule has 2 fully saturated rings. The number of hydrogen-bond donors (Lipinski definition) is 0. The number of nitrogens with zero attached hydrogens (tertiary/aromatic N) is 1. The largest absolute Gasteiger partial charge is 0.423 e. The molecule has 6 heteroatoms. The topological polar surface area (TPSA) is 56.3 Å². The van der Waals surface area contributed by atoms with Crippen LogP contribution in [-0.4, -0.2) is 16.7 Å². The third-order valence-electron chi connectivity index (χ3n) is 7.04. The molecule has 136 valence electrons. The summed E-state index contributed by atoms with van der Waals surface area (Å²) in [4.78, 5) is 30.4. The molecular formula is C20H19Br2NO3. The van der Waals surface area contributed by atoms with Crippen molar-refractivity contribution < 1.29 is 14.3 Å². The van der Waals surface area contributed by atoms with Gasteiger partial charge in [0, 0.05) is 27.9 Å². The second kappa shape index (κ2) is 5.61. The number of benzene rings is 1. The standard InChI is InChI=1S/C20H19Br2NO3/c1-18(2)19(3)6-7-20(18,10-14(19)24)17(25)26-16-13(22)9-12(21)11-5-4-8-23-15(11)16/h4-5,8-9H,6-7,10H2,1-3H3/t19-,20-/m0/s1. The Morgan fingerprint density at radius 1 is 1.19 bits per heavy atom. The highest BCUT2D eigenvalue weighted by atomic mass is 79.9. The lowest BCUT2D eigenvalue weighted by atomic mass is 9.65. The van der Waals surface area contributed by atoms with Gasteiger partial charge in [-0.3, -0.25) is 14.6 Å². The van der Waals surface area contributed by atoms with Crippen LogP contribution >= 0.6 is 31.9 Å². The minimum absolute atomic E-state index is 0.170. The first-order valence-corrected chi connectivity index (χ1v) is 10.2. The summed E-state index contributed by atoms with van der Waals surface area (Å²) >= 11 is 7.02. The van der Waals surface area contributed by atoms with Gasteiger partial charge in [0.15, 0.2) is 5.75 Å². The highest BCUT2D eigenvalue weighted by Gasteiger charge is 2.73. The summed E-state index contributed by atoms with van der Waals surface area (Å²) in [6, 6.07) is 5.62. The van der Waals surface area contributed by atoms with Crippen LogP contribution in [0.15, 0.2) is 33.3 Å². The molecule has 1 heterocycles. The van der Waals surface area contributed by atoms with Crippen LogP contribution in [0.2, 0.25) is 0 Å². The fourth-order valence-corrected chi connectivity index (χ4v) is 6.10. The van der Waals surface area contributed by atoms with Gasteiger partial charge < -0.3 is 4.74 Å². The van der Waals surface area contributed by atoms with Crippen molar-refractivity contribution in [2.45, 2.75) is 40.0 Å². The molecule has 4 rings (SSSR count). The van der Waals surface area contributed by atoms with Gasteiger partial charge in [0.1, 0.15) is 11.3 Å². The molecule has 1 aromatic carbocycles. The van der Waals surface area contributed by atoms with Crippen molar-refractivity contribution in [2.24, 2.45) is 16.2 Å². The van der Waals surface area contributed by atoms with E-state index in [0.717, 1.165) is 16.3 Å². The number of rotatable bonds is 2. The van der Waals surface area contributed by atoms with E-state index in [4.69, 9.17) is 4.74 Å². The van der Waals surface area contributed by atoms with Gasteiger partial charge in [-0.1, -0.05) is 42.8 Å². The third kappa shape index (κ3) is 2.09. The molecule has 1 aromatic heterocycles. The number of aromatic nitrogens is 1. The van der Waals surface area contributed by atoms with Crippen LogP contribution in [0.25, 0.3) is 10.9 Å². The molecule has 2 bridgehead atoms. The number of pyridine rings is 1. The summed E-state index contributed by atoms with van der Waals surface area (Å²) in [7, 11) is 0. The van der Waals surface area contributed by atoms with Crippen LogP contribution in [0.3, 0.4) is 0 Å². The molecule has 2 aliphatic carbocycles. The number of Topliss-reactive ketones (excluding diaryl/α,β-unsaturated/α-hetero) is 1. The van der Waals surface area contributed by atoms with Crippen LogP contribution in [0.5, 0.6) is 5.75 Å². The summed E-state index contributed by atoms with van der Waals surface area (Å²) < 4.78 is 7.45. The van der Waals surface area contributed by atoms with Gasteiger partial charge in [-0.15, -0.1) is 0 Å². The van der Waals surface area contributed by atoms with E-state index in [1.54, 1.807) is 6.20 Å². The number of hydrogen-bond acceptors (Lipinski definition) is 4. The molecule has 2 aromatic rings. The molecule has 0 amide bonds. The zero-order valence-corrected chi connectivity index (χ0v) is 18.0. The van der Waals surface area contributed by atoms with E-state index < -0.39 is 16.2 Å². The van der Waals surface area contributed by atoms with E-state index in [-0.39, 0.29) is 18.2 Å². The number of carbonyl (C=O) groups is 2. The van der Waals surface area contributed by atoms with Crippen molar-refractivity contribution in [3.05, 3.63) is 33.3 Å². The monoisotopic (exact) mass is 479 g/mol. The molecule has 26 heavy (non-hydrogen) atoms. The summed E-state index contributed by atoms with van der Waals surface area (Å²) in [5.74, 6) is 0.252. The highest BCUT2D eigenvalue weighted by Crippen LogP contribution is 2.70. The second-order valence-corrected chi connectivity index (χ2v) is 9.81. The fourth-order valence-electron chi connectivity index (χ4n) is 4.75. The van der Waals surface area contributed by atoms with E-state index in [1.807, 2.05) is 39.0 Å². The van der Waals surface area contributed by atoms with Crippen molar-refractivity contribution in [1.82, 2.24) is 4.98 Å². The molecule has 2 atom stereocenters. The molecule has 2 aliphatic rings. The quantitative estimate of drug-likeness (QED) is 0.423. The Labute approximate surface area is 169 Å². The molecule has 0 aliphatic heterocycles. The Bertz CT molecular complexity index is 971. The van der Waals surface area contributed by atoms with Crippen LogP contribution in [-0.2, 0) is 9.59 Å². The van der Waals surface area contributed by atoms with Gasteiger partial charge in [0.2, 0.25) is 0 Å². The zero-order valence-electron chi connectivity index (χ0n) is 14.9. The Morgan fingerprint density at radius 3 is 2.54 bits per heavy atom. The van der Waals surface area contributed by atoms with E-state index in [2.05, 4.69) is 36.8 Å². The smallest absolute Gasteiger partial charge is 0.318 e. The molecule has 0 saturated heterocycles. The van der Waals surface area contributed by atoms with Crippen LogP contribution in [0.4, 0.5) is 0 Å². The van der Waals surface area contributed by atoms with Crippen molar-refractivity contribution >= 4 is 54.5 Å². The average Bonchev–Trinajstić information content (AvgIpc) is 2.89. The molecule has 0 unspecified atom stereocenters. The van der Waals surface area contributed by atoms with E-state index in [0.29, 0.717) is 22.2 Å². The van der Waals surface area contributed by atoms with Crippen LogP contribution < -0.4 is 4.74 Å². The lowest BCUT2D eigenvalue weighted by Gasteiger charge is -2.37. The maximum Gasteiger partial charge on any atom is 0.318 e. The first-order chi connectivity index (χ1) is 12.1. The van der Waals surface area contributed by atoms with E-state index in [9.17, 15) is 9.59 Å². The molecule has 0 radical (unpaired) electrons. The van der Waals surface area contributed by atoms with Crippen molar-refractivity contribution in [3.63, 3.8) is 0 Å². The highest BCUT2D eigenvalue weighted by molar-refractivity contribution is 9.11. The van der Waals surface area contributed by atoms with Crippen molar-refractivity contribution in [1.29, 1.82) is 0 Å². The molecule has 4 nitrogen and oxygen atoms in total. The first-order valence-electron chi connectivity index (χ1n) is 8.62. The maximum absolute atomic E-state index is 13.3. The number of esters is 1. The number of halogens is 2. The summed E-state index contributed by atoms with van der Waals surface area (Å²) in [6.45, 7) is 6.04. The minimum Gasteiger partial charge on any atom is -0.423 e. The lowest BCUT2D eigenvalue weighted by Crippen LogP contribution is -2.42. The van der Waals surface area contributed by atoms with Gasteiger partial charge in [-0.25, -0.2) is 0 Å². The molecule has 2 saturated carbocycles. The fraction of sp³-hybridized carbons (Fsp3) is 0.450. The third-order valence-corrected chi connectivity index (χ3v) is 8.29. The Hall–Kier alpha value is -1.27. The van der Waals surface area contributed by atoms with Crippen molar-refractivity contribution in [2.75, 3.05) is 0 Å². The number of fused-ring (bicyclic) bond motifs is 3. The molecule has 0 spiro atoms. The molecular weight excluding hydrogens is 462 g/mol. The maximum atomic E-state index is 13.3. The Balaban J connectivity index is 1.79. The van der Waals surface area contributed by atoms with E-state index >= 15 is 0 Å². The SMILES string of the molecule is CC1(C)[C@@]2(C(=O)Oc3c(Br)cc(Br)c4cccnc34)CC[C@@]1(C)C(=O)C2.